The quantitative estimate of drug-likeness (QED) is 0.205. The second-order valence-corrected chi connectivity index (χ2v) is 6.34. The number of carbonyl (C=O) groups is 4. The molecule has 1 rings (SSSR count). The van der Waals surface area contributed by atoms with E-state index in [1.807, 2.05) is 30.3 Å². The lowest BCUT2D eigenvalue weighted by Crippen LogP contribution is -2.33. The van der Waals surface area contributed by atoms with Crippen molar-refractivity contribution in [2.45, 2.75) is 13.0 Å². The Morgan fingerprint density at radius 3 is 2.19 bits per heavy atom. The van der Waals surface area contributed by atoms with Crippen molar-refractivity contribution in [3.63, 3.8) is 0 Å². The largest absolute Gasteiger partial charge is 0.445 e. The van der Waals surface area contributed by atoms with Crippen LogP contribution < -0.4 is 16.0 Å². The first-order valence-electron chi connectivity index (χ1n) is 10.3. The maximum Gasteiger partial charge on any atom is 0.407 e. The molecule has 0 atom stereocenters. The summed E-state index contributed by atoms with van der Waals surface area (Å²) in [6.45, 7) is 1.80. The molecule has 11 nitrogen and oxygen atoms in total. The number of nitrogens with one attached hydrogen (secondary N) is 3. The number of hydrogen-bond donors (Lipinski definition) is 3. The lowest BCUT2D eigenvalue weighted by atomic mass is 10.2. The molecule has 0 heterocycles. The van der Waals surface area contributed by atoms with Gasteiger partial charge in [0.25, 0.3) is 0 Å². The van der Waals surface area contributed by atoms with E-state index in [0.717, 1.165) is 5.56 Å². The Kier molecular flexibility index (Phi) is 15.8. The van der Waals surface area contributed by atoms with Crippen LogP contribution in [0.15, 0.2) is 30.3 Å². The third kappa shape index (κ3) is 15.8. The molecule has 0 aromatic heterocycles. The van der Waals surface area contributed by atoms with E-state index < -0.39 is 6.09 Å². The van der Waals surface area contributed by atoms with Crippen molar-refractivity contribution in [2.75, 3.05) is 59.3 Å². The van der Waals surface area contributed by atoms with Crippen LogP contribution in [0.3, 0.4) is 0 Å². The van der Waals surface area contributed by atoms with Gasteiger partial charge >= 0.3 is 6.09 Å². The van der Waals surface area contributed by atoms with E-state index in [-0.39, 0.29) is 77.6 Å². The minimum atomic E-state index is -0.557. The fourth-order valence-corrected chi connectivity index (χ4v) is 2.23. The minimum Gasteiger partial charge on any atom is -0.445 e. The van der Waals surface area contributed by atoms with Gasteiger partial charge in [-0.3, -0.25) is 9.59 Å². The molecule has 11 heteroatoms. The van der Waals surface area contributed by atoms with Crippen molar-refractivity contribution in [3.05, 3.63) is 35.9 Å². The standard InChI is InChI=1S/C21H31N3O8/c25-10-15-30-13-7-22-19(26)6-11-29-12-8-23-20(27)17-31-14-9-24-21(28)32-16-18-4-2-1-3-5-18/h1-5,10H,6-9,11-17H2,(H,22,26)(H,23,27)(H,24,28). The first-order chi connectivity index (χ1) is 15.6. The van der Waals surface area contributed by atoms with Crippen molar-refractivity contribution in [1.29, 1.82) is 0 Å². The molecule has 0 radical (unpaired) electrons. The molecule has 0 saturated heterocycles. The van der Waals surface area contributed by atoms with Crippen LogP contribution in [-0.4, -0.2) is 83.5 Å². The molecule has 1 aromatic carbocycles. The summed E-state index contributed by atoms with van der Waals surface area (Å²) in [6.07, 6.45) is 0.273. The highest BCUT2D eigenvalue weighted by atomic mass is 16.5. The number of hydrogen-bond acceptors (Lipinski definition) is 8. The molecule has 0 aliphatic carbocycles. The van der Waals surface area contributed by atoms with Crippen LogP contribution in [0.25, 0.3) is 0 Å². The van der Waals surface area contributed by atoms with Crippen molar-refractivity contribution in [1.82, 2.24) is 16.0 Å². The number of amides is 3. The fourth-order valence-electron chi connectivity index (χ4n) is 2.23. The lowest BCUT2D eigenvalue weighted by Gasteiger charge is -2.09. The summed E-state index contributed by atoms with van der Waals surface area (Å²) in [6, 6.07) is 9.31. The number of rotatable bonds is 18. The minimum absolute atomic E-state index is 0.0104. The molecule has 178 valence electrons. The molecule has 0 saturated carbocycles. The van der Waals surface area contributed by atoms with Crippen molar-refractivity contribution < 1.29 is 38.1 Å². The van der Waals surface area contributed by atoms with Gasteiger partial charge in [0.1, 0.15) is 26.1 Å². The van der Waals surface area contributed by atoms with Gasteiger partial charge in [0.2, 0.25) is 11.8 Å². The van der Waals surface area contributed by atoms with E-state index >= 15 is 0 Å². The lowest BCUT2D eigenvalue weighted by molar-refractivity contribution is -0.126. The molecule has 1 aromatic rings. The summed E-state index contributed by atoms with van der Waals surface area (Å²) >= 11 is 0. The van der Waals surface area contributed by atoms with E-state index in [9.17, 15) is 19.2 Å². The molecular formula is C21H31N3O8. The van der Waals surface area contributed by atoms with Gasteiger partial charge in [0.05, 0.1) is 26.4 Å². The average molecular weight is 453 g/mol. The molecule has 32 heavy (non-hydrogen) atoms. The second-order valence-electron chi connectivity index (χ2n) is 6.34. The normalized spacial score (nSPS) is 10.2. The third-order valence-corrected chi connectivity index (χ3v) is 3.76. The first kappa shape index (κ1) is 27.0. The molecule has 0 aliphatic heterocycles. The number of ether oxygens (including phenoxy) is 4. The SMILES string of the molecule is O=CCOCCNC(=O)CCOCCNC(=O)COCCNC(=O)OCc1ccccc1. The summed E-state index contributed by atoms with van der Waals surface area (Å²) in [5.41, 5.74) is 0.889. The monoisotopic (exact) mass is 453 g/mol. The average Bonchev–Trinajstić information content (AvgIpc) is 2.80. The highest BCUT2D eigenvalue weighted by Crippen LogP contribution is 2.00. The Morgan fingerprint density at radius 1 is 0.781 bits per heavy atom. The van der Waals surface area contributed by atoms with E-state index in [0.29, 0.717) is 12.8 Å². The predicted octanol–water partition coefficient (Wildman–Crippen LogP) is -0.216. The van der Waals surface area contributed by atoms with Crippen molar-refractivity contribution in [2.24, 2.45) is 0 Å². The fraction of sp³-hybridized carbons (Fsp3) is 0.524. The second kappa shape index (κ2) is 18.7. The molecule has 0 bridgehead atoms. The maximum absolute atomic E-state index is 11.6. The number of benzene rings is 1. The summed E-state index contributed by atoms with van der Waals surface area (Å²) in [5, 5.41) is 7.77. The number of aldehydes is 1. The van der Waals surface area contributed by atoms with Crippen LogP contribution in [0.5, 0.6) is 0 Å². The van der Waals surface area contributed by atoms with Gasteiger partial charge in [-0.05, 0) is 5.56 Å². The van der Waals surface area contributed by atoms with Crippen LogP contribution in [0.2, 0.25) is 0 Å². The first-order valence-corrected chi connectivity index (χ1v) is 10.3. The van der Waals surface area contributed by atoms with Crippen molar-refractivity contribution >= 4 is 24.2 Å². The molecule has 0 unspecified atom stereocenters. The Morgan fingerprint density at radius 2 is 1.44 bits per heavy atom. The van der Waals surface area contributed by atoms with Gasteiger partial charge in [0.15, 0.2) is 0 Å². The van der Waals surface area contributed by atoms with Gasteiger partial charge in [-0.2, -0.15) is 0 Å². The van der Waals surface area contributed by atoms with Crippen LogP contribution in [0, 0.1) is 0 Å². The summed E-state index contributed by atoms with van der Waals surface area (Å²) in [4.78, 5) is 44.7. The predicted molar refractivity (Wildman–Crippen MR) is 114 cm³/mol. The third-order valence-electron chi connectivity index (χ3n) is 3.76. The highest BCUT2D eigenvalue weighted by Gasteiger charge is 2.04. The Labute approximate surface area is 187 Å². The van der Waals surface area contributed by atoms with Gasteiger partial charge in [0, 0.05) is 26.1 Å². The molecule has 0 spiro atoms. The van der Waals surface area contributed by atoms with E-state index in [4.69, 9.17) is 18.9 Å². The van der Waals surface area contributed by atoms with Crippen molar-refractivity contribution in [3.8, 4) is 0 Å². The zero-order valence-corrected chi connectivity index (χ0v) is 18.0. The van der Waals surface area contributed by atoms with E-state index in [1.165, 1.54) is 0 Å². The van der Waals surface area contributed by atoms with Gasteiger partial charge < -0.3 is 39.7 Å². The molecular weight excluding hydrogens is 422 g/mol. The summed E-state index contributed by atoms with van der Waals surface area (Å²) < 4.78 is 20.4. The van der Waals surface area contributed by atoms with Crippen LogP contribution in [0.4, 0.5) is 4.79 Å². The van der Waals surface area contributed by atoms with Crippen LogP contribution in [0.1, 0.15) is 12.0 Å². The molecule has 0 aliphatic rings. The summed E-state index contributed by atoms with van der Waals surface area (Å²) in [5.74, 6) is -0.497. The molecule has 3 amide bonds. The smallest absolute Gasteiger partial charge is 0.407 e. The van der Waals surface area contributed by atoms with Crippen LogP contribution in [-0.2, 0) is 39.9 Å². The summed E-state index contributed by atoms with van der Waals surface area (Å²) in [7, 11) is 0. The van der Waals surface area contributed by atoms with Crippen LogP contribution >= 0.6 is 0 Å². The molecule has 0 fully saturated rings. The maximum atomic E-state index is 11.6. The van der Waals surface area contributed by atoms with E-state index in [1.54, 1.807) is 0 Å². The van der Waals surface area contributed by atoms with E-state index in [2.05, 4.69) is 16.0 Å². The highest BCUT2D eigenvalue weighted by molar-refractivity contribution is 5.77. The Hall–Kier alpha value is -3.02. The number of alkyl carbamates (subject to hydrolysis) is 1. The molecule has 3 N–H and O–H groups in total. The Balaban J connectivity index is 1.87. The Bertz CT molecular complexity index is 672. The van der Waals surface area contributed by atoms with Gasteiger partial charge in [-0.1, -0.05) is 30.3 Å². The van der Waals surface area contributed by atoms with Gasteiger partial charge in [-0.25, -0.2) is 4.79 Å². The zero-order chi connectivity index (χ0) is 23.3. The topological polar surface area (TPSA) is 141 Å². The zero-order valence-electron chi connectivity index (χ0n) is 18.0. The van der Waals surface area contributed by atoms with Gasteiger partial charge in [-0.15, -0.1) is 0 Å². The number of carbonyl (C=O) groups excluding carboxylic acids is 4.